The Morgan fingerprint density at radius 1 is 0.645 bits per heavy atom. The fourth-order valence-corrected chi connectivity index (χ4v) is 3.90. The molecule has 0 bridgehead atoms. The first-order valence-electron chi connectivity index (χ1n) is 8.38. The van der Waals surface area contributed by atoms with Crippen molar-refractivity contribution in [2.75, 3.05) is 0 Å². The molecule has 0 saturated carbocycles. The summed E-state index contributed by atoms with van der Waals surface area (Å²) in [6, 6.07) is 6.91. The lowest BCUT2D eigenvalue weighted by molar-refractivity contribution is -0.0504. The van der Waals surface area contributed by atoms with Crippen molar-refractivity contribution in [2.24, 2.45) is 0 Å². The Labute approximate surface area is 172 Å². The van der Waals surface area contributed by atoms with E-state index in [1.807, 2.05) is 0 Å². The van der Waals surface area contributed by atoms with E-state index in [0.717, 1.165) is 24.3 Å². The highest BCUT2D eigenvalue weighted by atomic mass is 32.2. The fourth-order valence-electron chi connectivity index (χ4n) is 3.00. The average Bonchev–Trinajstić information content (AvgIpc) is 2.77. The molecule has 0 fully saturated rings. The summed E-state index contributed by atoms with van der Waals surface area (Å²) in [6.45, 7) is 0. The first-order chi connectivity index (χ1) is 14.1. The summed E-state index contributed by atoms with van der Waals surface area (Å²) in [6.07, 6.45) is 0.986. The summed E-state index contributed by atoms with van der Waals surface area (Å²) in [7, 11) is -11.7. The van der Waals surface area contributed by atoms with Crippen LogP contribution in [0.25, 0.3) is 11.1 Å². The third-order valence-corrected chi connectivity index (χ3v) is 6.27. The van der Waals surface area contributed by atoms with Gasteiger partial charge < -0.3 is 8.37 Å². The van der Waals surface area contributed by atoms with Crippen LogP contribution in [0.15, 0.2) is 36.4 Å². The van der Waals surface area contributed by atoms with Crippen molar-refractivity contribution in [3.8, 4) is 22.6 Å². The molecule has 0 saturated heterocycles. The third kappa shape index (κ3) is 4.74. The molecule has 0 atom stereocenters. The summed E-state index contributed by atoms with van der Waals surface area (Å²) in [4.78, 5) is 0. The maximum absolute atomic E-state index is 12.5. The van der Waals surface area contributed by atoms with Gasteiger partial charge in [0.1, 0.15) is 11.5 Å². The summed E-state index contributed by atoms with van der Waals surface area (Å²) in [5.41, 5.74) is -9.33. The van der Waals surface area contributed by atoms with Crippen LogP contribution in [0.4, 0.5) is 26.3 Å². The molecule has 2 aromatic carbocycles. The lowest BCUT2D eigenvalue weighted by Gasteiger charge is -2.14. The monoisotopic (exact) mass is 490 g/mol. The van der Waals surface area contributed by atoms with Crippen LogP contribution in [0.2, 0.25) is 0 Å². The quantitative estimate of drug-likeness (QED) is 0.361. The van der Waals surface area contributed by atoms with Crippen LogP contribution >= 0.6 is 0 Å². The van der Waals surface area contributed by atoms with Crippen LogP contribution in [0.1, 0.15) is 17.5 Å². The van der Waals surface area contributed by atoms with E-state index in [0.29, 0.717) is 41.5 Å². The van der Waals surface area contributed by atoms with E-state index in [2.05, 4.69) is 8.37 Å². The number of hydrogen-bond donors (Lipinski definition) is 0. The molecule has 0 heterocycles. The minimum atomic E-state index is -5.85. The molecule has 0 N–H and O–H groups in total. The second-order valence-electron chi connectivity index (χ2n) is 6.46. The number of hydrogen-bond acceptors (Lipinski definition) is 6. The third-order valence-electron chi connectivity index (χ3n) is 4.31. The predicted molar refractivity (Wildman–Crippen MR) is 95.1 cm³/mol. The van der Waals surface area contributed by atoms with E-state index in [9.17, 15) is 43.2 Å². The van der Waals surface area contributed by atoms with Crippen LogP contribution in [0, 0.1) is 0 Å². The van der Waals surface area contributed by atoms with Gasteiger partial charge in [-0.2, -0.15) is 43.2 Å². The van der Waals surface area contributed by atoms with Crippen LogP contribution < -0.4 is 8.37 Å². The zero-order chi connectivity index (χ0) is 23.2. The molecule has 1 aliphatic carbocycles. The molecular formula is C17H12F6O6S2. The number of benzene rings is 2. The van der Waals surface area contributed by atoms with Crippen LogP contribution in [0.3, 0.4) is 0 Å². The number of alkyl halides is 6. The van der Waals surface area contributed by atoms with Crippen molar-refractivity contribution in [3.05, 3.63) is 47.5 Å². The van der Waals surface area contributed by atoms with Gasteiger partial charge in [0, 0.05) is 0 Å². The molecule has 3 rings (SSSR count). The van der Waals surface area contributed by atoms with Gasteiger partial charge in [-0.15, -0.1) is 0 Å². The predicted octanol–water partition coefficient (Wildman–Crippen LogP) is 4.30. The fraction of sp³-hybridized carbons (Fsp3) is 0.294. The van der Waals surface area contributed by atoms with Crippen molar-refractivity contribution >= 4 is 20.2 Å². The first kappa shape index (κ1) is 23.2. The van der Waals surface area contributed by atoms with Crippen LogP contribution in [0.5, 0.6) is 11.5 Å². The van der Waals surface area contributed by atoms with Gasteiger partial charge >= 0.3 is 31.3 Å². The molecule has 0 radical (unpaired) electrons. The molecular weight excluding hydrogens is 478 g/mol. The molecule has 0 spiro atoms. The second kappa shape index (κ2) is 7.58. The Kier molecular flexibility index (Phi) is 5.67. The maximum Gasteiger partial charge on any atom is 0.534 e. The smallest absolute Gasteiger partial charge is 0.376 e. The van der Waals surface area contributed by atoms with E-state index >= 15 is 0 Å². The first-order valence-corrected chi connectivity index (χ1v) is 11.2. The molecule has 0 aromatic heterocycles. The minimum Gasteiger partial charge on any atom is -0.376 e. The van der Waals surface area contributed by atoms with Crippen molar-refractivity contribution < 1.29 is 51.5 Å². The molecule has 2 aromatic rings. The Balaban J connectivity index is 1.95. The summed E-state index contributed by atoms with van der Waals surface area (Å²) in [5.74, 6) is -1.09. The SMILES string of the molecule is O=S(=O)(Oc1ccc2c(c1)CCCc1cc(OS(=O)(=O)C(F)(F)F)ccc1-2)C(F)(F)F. The van der Waals surface area contributed by atoms with Gasteiger partial charge in [0.25, 0.3) is 0 Å². The van der Waals surface area contributed by atoms with E-state index in [1.54, 1.807) is 0 Å². The molecule has 1 aliphatic rings. The van der Waals surface area contributed by atoms with Crippen molar-refractivity contribution in [1.82, 2.24) is 0 Å². The van der Waals surface area contributed by atoms with Gasteiger partial charge in [0.2, 0.25) is 0 Å². The molecule has 0 unspecified atom stereocenters. The van der Waals surface area contributed by atoms with Gasteiger partial charge in [-0.3, -0.25) is 0 Å². The molecule has 0 amide bonds. The molecule has 31 heavy (non-hydrogen) atoms. The van der Waals surface area contributed by atoms with E-state index in [1.165, 1.54) is 12.1 Å². The van der Waals surface area contributed by atoms with E-state index < -0.39 is 42.8 Å². The Hall–Kier alpha value is -2.48. The number of fused-ring (bicyclic) bond motifs is 3. The molecule has 14 heteroatoms. The summed E-state index contributed by atoms with van der Waals surface area (Å²) >= 11 is 0. The Morgan fingerprint density at radius 3 is 1.32 bits per heavy atom. The van der Waals surface area contributed by atoms with Crippen molar-refractivity contribution in [1.29, 1.82) is 0 Å². The van der Waals surface area contributed by atoms with Gasteiger partial charge in [0.05, 0.1) is 0 Å². The van der Waals surface area contributed by atoms with Crippen molar-refractivity contribution in [3.63, 3.8) is 0 Å². The zero-order valence-electron chi connectivity index (χ0n) is 15.1. The van der Waals surface area contributed by atoms with Crippen LogP contribution in [-0.4, -0.2) is 27.9 Å². The second-order valence-corrected chi connectivity index (χ2v) is 9.53. The van der Waals surface area contributed by atoms with Gasteiger partial charge in [-0.1, -0.05) is 12.1 Å². The highest BCUT2D eigenvalue weighted by molar-refractivity contribution is 7.88. The zero-order valence-corrected chi connectivity index (χ0v) is 16.8. The standard InChI is InChI=1S/C17H12F6O6S2/c18-16(19,20)30(24,25)28-12-4-6-14-10(8-12)2-1-3-11-9-13(5-7-15(11)14)29-31(26,27)17(21,22)23/h4-9H,1-3H2. The molecule has 0 aliphatic heterocycles. The van der Waals surface area contributed by atoms with Crippen molar-refractivity contribution in [2.45, 2.75) is 30.3 Å². The number of rotatable bonds is 4. The lowest BCUT2D eigenvalue weighted by atomic mass is 9.96. The normalized spacial score (nSPS) is 14.9. The Bertz CT molecular complexity index is 1120. The minimum absolute atomic E-state index is 0.296. The van der Waals surface area contributed by atoms with E-state index in [-0.39, 0.29) is 0 Å². The summed E-state index contributed by atoms with van der Waals surface area (Å²) < 4.78 is 128. The average molecular weight is 490 g/mol. The molecule has 170 valence electrons. The topological polar surface area (TPSA) is 86.7 Å². The van der Waals surface area contributed by atoms with Crippen LogP contribution in [-0.2, 0) is 33.1 Å². The van der Waals surface area contributed by atoms with Gasteiger partial charge in [0.15, 0.2) is 0 Å². The van der Waals surface area contributed by atoms with Gasteiger partial charge in [-0.25, -0.2) is 0 Å². The molecule has 6 nitrogen and oxygen atoms in total. The highest BCUT2D eigenvalue weighted by Gasteiger charge is 2.49. The van der Waals surface area contributed by atoms with Gasteiger partial charge in [-0.05, 0) is 65.8 Å². The maximum atomic E-state index is 12.5. The largest absolute Gasteiger partial charge is 0.534 e. The van der Waals surface area contributed by atoms with E-state index in [4.69, 9.17) is 0 Å². The highest BCUT2D eigenvalue weighted by Crippen LogP contribution is 2.38. The Morgan fingerprint density at radius 2 is 1.00 bits per heavy atom. The number of aryl methyl sites for hydroxylation is 2. The number of halogens is 6. The summed E-state index contributed by atoms with van der Waals surface area (Å²) in [5, 5.41) is 0. The lowest BCUT2D eigenvalue weighted by Crippen LogP contribution is -2.28.